The number of nitrogen functional groups attached to an aromatic ring is 1. The van der Waals surface area contributed by atoms with Gasteiger partial charge in [-0.15, -0.1) is 0 Å². The van der Waals surface area contributed by atoms with Crippen LogP contribution in [0.2, 0.25) is 0 Å². The van der Waals surface area contributed by atoms with Crippen LogP contribution in [0.25, 0.3) is 0 Å². The largest absolute Gasteiger partial charge is 0.339 e. The van der Waals surface area contributed by atoms with Crippen LogP contribution in [-0.4, -0.2) is 9.97 Å². The third-order valence-corrected chi connectivity index (χ3v) is 3.33. The molecule has 94 valence electrons. The summed E-state index contributed by atoms with van der Waals surface area (Å²) in [5.74, 6) is 7.23. The summed E-state index contributed by atoms with van der Waals surface area (Å²) in [5.41, 5.74) is 3.42. The van der Waals surface area contributed by atoms with Crippen molar-refractivity contribution in [2.45, 2.75) is 6.92 Å². The van der Waals surface area contributed by atoms with Crippen LogP contribution in [0.1, 0.15) is 5.82 Å². The minimum atomic E-state index is 0.568. The summed E-state index contributed by atoms with van der Waals surface area (Å²) in [4.78, 5) is 8.41. The molecule has 0 aliphatic rings. The summed E-state index contributed by atoms with van der Waals surface area (Å²) in [6.07, 6.45) is 0. The lowest BCUT2D eigenvalue weighted by molar-refractivity contribution is 1.05. The van der Waals surface area contributed by atoms with E-state index < -0.39 is 0 Å². The number of nitrogens with two attached hydrogens (primary N) is 1. The fraction of sp³-hybridized carbons (Fsp3) is 0.0909. The smallest absolute Gasteiger partial charge is 0.145 e. The molecule has 18 heavy (non-hydrogen) atoms. The van der Waals surface area contributed by atoms with Crippen molar-refractivity contribution in [1.29, 1.82) is 0 Å². The fourth-order valence-electron chi connectivity index (χ4n) is 1.43. The van der Waals surface area contributed by atoms with E-state index in [9.17, 15) is 0 Å². The van der Waals surface area contributed by atoms with Crippen molar-refractivity contribution in [3.05, 3.63) is 39.0 Å². The number of aromatic nitrogens is 2. The van der Waals surface area contributed by atoms with E-state index in [-0.39, 0.29) is 0 Å². The molecule has 0 saturated carbocycles. The van der Waals surface area contributed by atoms with Gasteiger partial charge >= 0.3 is 0 Å². The van der Waals surface area contributed by atoms with Crippen LogP contribution in [0.15, 0.2) is 33.2 Å². The maximum Gasteiger partial charge on any atom is 0.145 e. The molecule has 2 aromatic rings. The lowest BCUT2D eigenvalue weighted by Gasteiger charge is -2.10. The molecule has 2 rings (SSSR count). The van der Waals surface area contributed by atoms with Gasteiger partial charge in [0.25, 0.3) is 0 Å². The molecule has 1 aromatic carbocycles. The van der Waals surface area contributed by atoms with E-state index in [0.717, 1.165) is 14.6 Å². The van der Waals surface area contributed by atoms with Crippen LogP contribution < -0.4 is 16.6 Å². The average Bonchev–Trinajstić information content (AvgIpc) is 2.32. The lowest BCUT2D eigenvalue weighted by atomic mass is 10.3. The predicted octanol–water partition coefficient (Wildman–Crippen LogP) is 3.34. The van der Waals surface area contributed by atoms with Gasteiger partial charge in [0.15, 0.2) is 0 Å². The lowest BCUT2D eigenvalue weighted by Crippen LogP contribution is -2.10. The van der Waals surface area contributed by atoms with Crippen LogP contribution in [0.3, 0.4) is 0 Å². The molecule has 0 aliphatic carbocycles. The van der Waals surface area contributed by atoms with Crippen LogP contribution >= 0.6 is 31.9 Å². The van der Waals surface area contributed by atoms with Crippen molar-refractivity contribution < 1.29 is 0 Å². The number of benzene rings is 1. The molecule has 1 aromatic heterocycles. The first-order chi connectivity index (χ1) is 8.58. The van der Waals surface area contributed by atoms with Crippen molar-refractivity contribution in [2.75, 3.05) is 10.7 Å². The monoisotopic (exact) mass is 371 g/mol. The Morgan fingerprint density at radius 3 is 2.50 bits per heavy atom. The van der Waals surface area contributed by atoms with E-state index in [2.05, 4.69) is 52.6 Å². The first-order valence-corrected chi connectivity index (χ1v) is 6.71. The fourth-order valence-corrected chi connectivity index (χ4v) is 2.58. The quantitative estimate of drug-likeness (QED) is 0.569. The topological polar surface area (TPSA) is 75.9 Å². The summed E-state index contributed by atoms with van der Waals surface area (Å²) in [6, 6.07) is 7.59. The van der Waals surface area contributed by atoms with Gasteiger partial charge in [0.2, 0.25) is 0 Å². The summed E-state index contributed by atoms with van der Waals surface area (Å²) in [5, 5.41) is 3.20. The van der Waals surface area contributed by atoms with Gasteiger partial charge in [-0.25, -0.2) is 15.8 Å². The van der Waals surface area contributed by atoms with Crippen molar-refractivity contribution >= 4 is 49.2 Å². The number of hydrazine groups is 1. The van der Waals surface area contributed by atoms with Crippen LogP contribution in [0.4, 0.5) is 17.3 Å². The minimum Gasteiger partial charge on any atom is -0.339 e. The Bertz CT molecular complexity index is 573. The molecule has 0 amide bonds. The van der Waals surface area contributed by atoms with Gasteiger partial charge in [-0.1, -0.05) is 15.9 Å². The highest BCUT2D eigenvalue weighted by Gasteiger charge is 2.04. The Labute approximate surface area is 121 Å². The molecule has 0 atom stereocenters. The molecule has 1 heterocycles. The number of anilines is 3. The highest BCUT2D eigenvalue weighted by atomic mass is 79.9. The maximum atomic E-state index is 5.35. The normalized spacial score (nSPS) is 10.2. The Morgan fingerprint density at radius 1 is 1.11 bits per heavy atom. The Morgan fingerprint density at radius 2 is 1.83 bits per heavy atom. The highest BCUT2D eigenvalue weighted by Crippen LogP contribution is 2.28. The number of hydrogen-bond donors (Lipinski definition) is 3. The Balaban J connectivity index is 2.30. The molecule has 0 spiro atoms. The predicted molar refractivity (Wildman–Crippen MR) is 79.7 cm³/mol. The molecule has 7 heteroatoms. The molecular weight excluding hydrogens is 362 g/mol. The van der Waals surface area contributed by atoms with E-state index in [0.29, 0.717) is 17.5 Å². The van der Waals surface area contributed by atoms with Crippen LogP contribution in [-0.2, 0) is 0 Å². The molecule has 5 nitrogen and oxygen atoms in total. The van der Waals surface area contributed by atoms with Crippen LogP contribution in [0, 0.1) is 6.92 Å². The number of nitrogens with one attached hydrogen (secondary N) is 2. The first-order valence-electron chi connectivity index (χ1n) is 5.13. The number of nitrogens with zero attached hydrogens (tertiary/aromatic N) is 2. The zero-order valence-electron chi connectivity index (χ0n) is 9.54. The third kappa shape index (κ3) is 3.18. The second-order valence-corrected chi connectivity index (χ2v) is 5.35. The Hall–Kier alpha value is -1.18. The van der Waals surface area contributed by atoms with Gasteiger partial charge in [-0.2, -0.15) is 0 Å². The molecule has 4 N–H and O–H groups in total. The number of hydrogen-bond acceptors (Lipinski definition) is 5. The van der Waals surface area contributed by atoms with Gasteiger partial charge in [0.1, 0.15) is 17.5 Å². The van der Waals surface area contributed by atoms with E-state index in [1.165, 1.54) is 0 Å². The maximum absolute atomic E-state index is 5.35. The summed E-state index contributed by atoms with van der Waals surface area (Å²) in [6.45, 7) is 1.81. The highest BCUT2D eigenvalue weighted by molar-refractivity contribution is 9.11. The third-order valence-electron chi connectivity index (χ3n) is 2.18. The number of halogens is 2. The zero-order valence-corrected chi connectivity index (χ0v) is 12.7. The molecular formula is C11H11Br2N5. The van der Waals surface area contributed by atoms with Gasteiger partial charge in [-0.05, 0) is 41.1 Å². The zero-order chi connectivity index (χ0) is 13.1. The van der Waals surface area contributed by atoms with Crippen molar-refractivity contribution in [3.63, 3.8) is 0 Å². The van der Waals surface area contributed by atoms with Gasteiger partial charge < -0.3 is 10.7 Å². The molecule has 0 unspecified atom stereocenters. The Kier molecular flexibility index (Phi) is 4.15. The van der Waals surface area contributed by atoms with Crippen molar-refractivity contribution in [2.24, 2.45) is 5.84 Å². The van der Waals surface area contributed by atoms with E-state index in [4.69, 9.17) is 5.84 Å². The molecule has 0 fully saturated rings. The summed E-state index contributed by atoms with van der Waals surface area (Å²) >= 11 is 6.89. The molecule has 0 saturated heterocycles. The van der Waals surface area contributed by atoms with Gasteiger partial charge in [-0.3, -0.25) is 0 Å². The molecule has 0 aliphatic heterocycles. The first kappa shape index (κ1) is 13.3. The second kappa shape index (κ2) is 5.64. The van der Waals surface area contributed by atoms with E-state index >= 15 is 0 Å². The number of aryl methyl sites for hydroxylation is 1. The van der Waals surface area contributed by atoms with E-state index in [1.54, 1.807) is 6.07 Å². The summed E-state index contributed by atoms with van der Waals surface area (Å²) in [7, 11) is 0. The number of rotatable bonds is 3. The second-order valence-electron chi connectivity index (χ2n) is 3.58. The van der Waals surface area contributed by atoms with Crippen molar-refractivity contribution in [1.82, 2.24) is 9.97 Å². The SMILES string of the molecule is Cc1nc(NN)cc(Nc2ccc(Br)cc2Br)n1. The molecule has 0 radical (unpaired) electrons. The van der Waals surface area contributed by atoms with Crippen LogP contribution in [0.5, 0.6) is 0 Å². The standard InChI is InChI=1S/C11H11Br2N5/c1-6-15-10(5-11(16-6)18-14)17-9-3-2-7(12)4-8(9)13/h2-5H,14H2,1H3,(H2,15,16,17,18). The average molecular weight is 373 g/mol. The molecule has 0 bridgehead atoms. The van der Waals surface area contributed by atoms with Gasteiger partial charge in [0.05, 0.1) is 5.69 Å². The van der Waals surface area contributed by atoms with Gasteiger partial charge in [0, 0.05) is 15.0 Å². The van der Waals surface area contributed by atoms with Crippen molar-refractivity contribution in [3.8, 4) is 0 Å². The summed E-state index contributed by atoms with van der Waals surface area (Å²) < 4.78 is 1.94. The van der Waals surface area contributed by atoms with E-state index in [1.807, 2.05) is 25.1 Å². The minimum absolute atomic E-state index is 0.568.